The number of hydrogen-bond donors (Lipinski definition) is 0. The topological polar surface area (TPSA) is 62.6 Å². The van der Waals surface area contributed by atoms with E-state index in [4.69, 9.17) is 25.9 Å². The predicted octanol–water partition coefficient (Wildman–Crippen LogP) is 3.75. The Kier molecular flexibility index (Phi) is 5.32. The largest absolute Gasteiger partial charge is 0.497 e. The molecule has 0 saturated heterocycles. The zero-order chi connectivity index (χ0) is 18.7. The lowest BCUT2D eigenvalue weighted by Gasteiger charge is -2.16. The van der Waals surface area contributed by atoms with Crippen LogP contribution in [-0.2, 0) is 9.53 Å². The van der Waals surface area contributed by atoms with Gasteiger partial charge in [0.15, 0.2) is 5.82 Å². The standard InChI is InChI=1S/C19H19ClN2O4/c1-4-25-19(23)12(2)26-22-17-11-14(20)7-10-16(17)21-18(22)13-5-8-15(24-3)9-6-13/h5-12H,4H2,1-3H3. The van der Waals surface area contributed by atoms with Gasteiger partial charge in [-0.15, -0.1) is 0 Å². The van der Waals surface area contributed by atoms with Crippen LogP contribution in [0, 0.1) is 0 Å². The van der Waals surface area contributed by atoms with Crippen molar-refractivity contribution in [2.75, 3.05) is 13.7 Å². The minimum absolute atomic E-state index is 0.286. The normalized spacial score (nSPS) is 12.0. The second-order valence-electron chi connectivity index (χ2n) is 5.59. The summed E-state index contributed by atoms with van der Waals surface area (Å²) >= 11 is 6.13. The molecular formula is C19H19ClN2O4. The average molecular weight is 375 g/mol. The number of rotatable bonds is 6. The molecule has 0 bridgehead atoms. The first-order valence-corrected chi connectivity index (χ1v) is 8.57. The molecule has 3 aromatic rings. The fourth-order valence-electron chi connectivity index (χ4n) is 2.52. The molecule has 7 heteroatoms. The average Bonchev–Trinajstić information content (AvgIpc) is 2.99. The first-order chi connectivity index (χ1) is 12.5. The number of ether oxygens (including phenoxy) is 2. The summed E-state index contributed by atoms with van der Waals surface area (Å²) in [6, 6.07) is 12.7. The van der Waals surface area contributed by atoms with Crippen molar-refractivity contribution in [3.05, 3.63) is 47.5 Å². The van der Waals surface area contributed by atoms with E-state index in [0.29, 0.717) is 21.9 Å². The van der Waals surface area contributed by atoms with E-state index in [2.05, 4.69) is 4.98 Å². The molecule has 136 valence electrons. The molecule has 0 amide bonds. The van der Waals surface area contributed by atoms with Gasteiger partial charge in [0.05, 0.1) is 19.2 Å². The number of nitrogens with zero attached hydrogens (tertiary/aromatic N) is 2. The lowest BCUT2D eigenvalue weighted by Crippen LogP contribution is -2.32. The Morgan fingerprint density at radius 3 is 2.62 bits per heavy atom. The Labute approximate surface area is 156 Å². The smallest absolute Gasteiger partial charge is 0.349 e. The zero-order valence-corrected chi connectivity index (χ0v) is 15.5. The third-order valence-corrected chi connectivity index (χ3v) is 4.04. The Balaban J connectivity index is 2.07. The summed E-state index contributed by atoms with van der Waals surface area (Å²) in [5.74, 6) is 0.846. The Bertz CT molecular complexity index is 921. The van der Waals surface area contributed by atoms with Crippen molar-refractivity contribution >= 4 is 28.6 Å². The van der Waals surface area contributed by atoms with Gasteiger partial charge in [0.1, 0.15) is 11.3 Å². The number of hydrogen-bond acceptors (Lipinski definition) is 5. The van der Waals surface area contributed by atoms with E-state index in [0.717, 1.165) is 11.3 Å². The third kappa shape index (κ3) is 3.60. The number of carbonyl (C=O) groups excluding carboxylic acids is 1. The summed E-state index contributed by atoms with van der Waals surface area (Å²) in [6.07, 6.45) is -0.802. The monoisotopic (exact) mass is 374 g/mol. The molecule has 1 aromatic heterocycles. The molecule has 0 fully saturated rings. The summed E-state index contributed by atoms with van der Waals surface area (Å²) in [4.78, 5) is 22.5. The van der Waals surface area contributed by atoms with Crippen LogP contribution in [0.1, 0.15) is 13.8 Å². The summed E-state index contributed by atoms with van der Waals surface area (Å²) in [5, 5.41) is 0.548. The summed E-state index contributed by atoms with van der Waals surface area (Å²) in [5.41, 5.74) is 2.19. The van der Waals surface area contributed by atoms with Crippen LogP contribution in [0.15, 0.2) is 42.5 Å². The molecule has 1 heterocycles. The van der Waals surface area contributed by atoms with Crippen LogP contribution in [0.25, 0.3) is 22.4 Å². The maximum absolute atomic E-state index is 12.0. The summed E-state index contributed by atoms with van der Waals surface area (Å²) in [6.45, 7) is 3.67. The fourth-order valence-corrected chi connectivity index (χ4v) is 2.68. The molecule has 0 spiro atoms. The minimum atomic E-state index is -0.802. The highest BCUT2D eigenvalue weighted by molar-refractivity contribution is 6.31. The number of esters is 1. The van der Waals surface area contributed by atoms with E-state index in [1.807, 2.05) is 24.3 Å². The molecule has 26 heavy (non-hydrogen) atoms. The van der Waals surface area contributed by atoms with Crippen molar-refractivity contribution < 1.29 is 19.1 Å². The number of imidazole rings is 1. The van der Waals surface area contributed by atoms with Crippen molar-refractivity contribution in [2.24, 2.45) is 0 Å². The molecule has 3 rings (SSSR count). The van der Waals surface area contributed by atoms with E-state index in [-0.39, 0.29) is 6.61 Å². The molecule has 1 unspecified atom stereocenters. The molecule has 0 N–H and O–H groups in total. The number of carbonyl (C=O) groups is 1. The number of aromatic nitrogens is 2. The second-order valence-corrected chi connectivity index (χ2v) is 6.03. The van der Waals surface area contributed by atoms with Crippen LogP contribution < -0.4 is 9.57 Å². The van der Waals surface area contributed by atoms with E-state index in [1.165, 1.54) is 4.73 Å². The Morgan fingerprint density at radius 2 is 1.96 bits per heavy atom. The Morgan fingerprint density at radius 1 is 1.23 bits per heavy atom. The van der Waals surface area contributed by atoms with Gasteiger partial charge in [-0.05, 0) is 56.3 Å². The zero-order valence-electron chi connectivity index (χ0n) is 14.7. The highest BCUT2D eigenvalue weighted by Gasteiger charge is 2.21. The predicted molar refractivity (Wildman–Crippen MR) is 99.4 cm³/mol. The van der Waals surface area contributed by atoms with Crippen LogP contribution >= 0.6 is 11.6 Å². The molecule has 2 aromatic carbocycles. The quantitative estimate of drug-likeness (QED) is 0.615. The van der Waals surface area contributed by atoms with E-state index in [9.17, 15) is 4.79 Å². The van der Waals surface area contributed by atoms with E-state index in [1.54, 1.807) is 39.2 Å². The van der Waals surface area contributed by atoms with Crippen LogP contribution in [0.5, 0.6) is 5.75 Å². The lowest BCUT2D eigenvalue weighted by atomic mass is 10.2. The van der Waals surface area contributed by atoms with E-state index < -0.39 is 12.1 Å². The molecule has 1 atom stereocenters. The Hall–Kier alpha value is -2.73. The van der Waals surface area contributed by atoms with Gasteiger partial charge in [0, 0.05) is 10.6 Å². The molecule has 0 radical (unpaired) electrons. The number of methoxy groups -OCH3 is 1. The first-order valence-electron chi connectivity index (χ1n) is 8.19. The third-order valence-electron chi connectivity index (χ3n) is 3.81. The highest BCUT2D eigenvalue weighted by atomic mass is 35.5. The fraction of sp³-hybridized carbons (Fsp3) is 0.263. The van der Waals surface area contributed by atoms with Crippen LogP contribution in [0.4, 0.5) is 0 Å². The number of halogens is 1. The van der Waals surface area contributed by atoms with Gasteiger partial charge in [-0.25, -0.2) is 9.78 Å². The molecule has 0 saturated carbocycles. The second kappa shape index (κ2) is 7.66. The number of fused-ring (bicyclic) bond motifs is 1. The van der Waals surface area contributed by atoms with Crippen LogP contribution in [0.2, 0.25) is 5.02 Å². The molecule has 0 aliphatic heterocycles. The van der Waals surface area contributed by atoms with Crippen molar-refractivity contribution in [1.29, 1.82) is 0 Å². The van der Waals surface area contributed by atoms with Crippen molar-refractivity contribution in [3.63, 3.8) is 0 Å². The van der Waals surface area contributed by atoms with Gasteiger partial charge in [-0.1, -0.05) is 11.6 Å². The lowest BCUT2D eigenvalue weighted by molar-refractivity contribution is -0.155. The first kappa shape index (κ1) is 18.1. The van der Waals surface area contributed by atoms with Crippen LogP contribution in [0.3, 0.4) is 0 Å². The van der Waals surface area contributed by atoms with Gasteiger partial charge in [-0.2, -0.15) is 4.73 Å². The number of benzene rings is 2. The molecule has 0 aliphatic carbocycles. The van der Waals surface area contributed by atoms with Gasteiger partial charge in [-0.3, -0.25) is 0 Å². The van der Waals surface area contributed by atoms with Crippen molar-refractivity contribution in [3.8, 4) is 17.1 Å². The minimum Gasteiger partial charge on any atom is -0.497 e. The summed E-state index contributed by atoms with van der Waals surface area (Å²) in [7, 11) is 1.61. The van der Waals surface area contributed by atoms with Crippen molar-refractivity contribution in [1.82, 2.24) is 9.71 Å². The van der Waals surface area contributed by atoms with Gasteiger partial charge in [0.2, 0.25) is 6.10 Å². The van der Waals surface area contributed by atoms with Gasteiger partial charge < -0.3 is 14.3 Å². The molecular weight excluding hydrogens is 356 g/mol. The van der Waals surface area contributed by atoms with Crippen molar-refractivity contribution in [2.45, 2.75) is 20.0 Å². The molecule has 6 nitrogen and oxygen atoms in total. The summed E-state index contributed by atoms with van der Waals surface area (Å²) < 4.78 is 11.7. The maximum Gasteiger partial charge on any atom is 0.349 e. The van der Waals surface area contributed by atoms with E-state index >= 15 is 0 Å². The van der Waals surface area contributed by atoms with Gasteiger partial charge >= 0.3 is 5.97 Å². The molecule has 0 aliphatic rings. The maximum atomic E-state index is 12.0. The SMILES string of the molecule is CCOC(=O)C(C)On1c(-c2ccc(OC)cc2)nc2ccc(Cl)cc21. The van der Waals surface area contributed by atoms with Gasteiger partial charge in [0.25, 0.3) is 0 Å². The van der Waals surface area contributed by atoms with Crippen LogP contribution in [-0.4, -0.2) is 35.5 Å². The highest BCUT2D eigenvalue weighted by Crippen LogP contribution is 2.27.